The van der Waals surface area contributed by atoms with Crippen LogP contribution in [0.1, 0.15) is 73.6 Å². The van der Waals surface area contributed by atoms with E-state index in [0.29, 0.717) is 24.4 Å². The lowest BCUT2D eigenvalue weighted by Crippen LogP contribution is -2.63. The summed E-state index contributed by atoms with van der Waals surface area (Å²) in [5, 5.41) is 11.6. The SMILES string of the molecule is C=C[C@]1(C)C[C@@H](OC(=O)CSCCN(CC)CC)[C@]2(C)[C@H](C)CC[C@]3(CCC(=O)[C@H]32)[C@@H](C)[C@@H]1O. The highest BCUT2D eigenvalue weighted by Gasteiger charge is 2.68. The van der Waals surface area contributed by atoms with Crippen molar-refractivity contribution in [2.45, 2.75) is 85.9 Å². The molecule has 3 rings (SSSR count). The van der Waals surface area contributed by atoms with E-state index in [9.17, 15) is 14.7 Å². The zero-order valence-corrected chi connectivity index (χ0v) is 23.1. The number of ether oxygens (including phenoxy) is 1. The van der Waals surface area contributed by atoms with Gasteiger partial charge in [0.1, 0.15) is 11.9 Å². The number of nitrogens with zero attached hydrogens (tertiary/aromatic N) is 1. The molecule has 3 fully saturated rings. The van der Waals surface area contributed by atoms with Crippen LogP contribution in [0.2, 0.25) is 0 Å². The summed E-state index contributed by atoms with van der Waals surface area (Å²) in [5.41, 5.74) is -1.25. The fourth-order valence-electron chi connectivity index (χ4n) is 7.58. The molecule has 0 aromatic carbocycles. The Hall–Kier alpha value is -0.850. The summed E-state index contributed by atoms with van der Waals surface area (Å²) in [6, 6.07) is 0. The first-order valence-electron chi connectivity index (χ1n) is 13.3. The summed E-state index contributed by atoms with van der Waals surface area (Å²) in [6.07, 6.45) is 4.64. The summed E-state index contributed by atoms with van der Waals surface area (Å²) in [7, 11) is 0. The number of aliphatic hydroxyl groups is 1. The molecule has 0 saturated heterocycles. The largest absolute Gasteiger partial charge is 0.461 e. The molecular weight excluding hydrogens is 446 g/mol. The Kier molecular flexibility index (Phi) is 8.68. The average Bonchev–Trinajstić information content (AvgIpc) is 3.17. The van der Waals surface area contributed by atoms with Crippen LogP contribution in [0.25, 0.3) is 0 Å². The number of ketones is 1. The number of carbonyl (C=O) groups excluding carboxylic acids is 2. The molecule has 0 spiro atoms. The van der Waals surface area contributed by atoms with E-state index in [1.807, 2.05) is 13.0 Å². The summed E-state index contributed by atoms with van der Waals surface area (Å²) in [5.74, 6) is 1.37. The van der Waals surface area contributed by atoms with Crippen LogP contribution in [-0.2, 0) is 14.3 Å². The first kappa shape index (κ1) is 27.7. The van der Waals surface area contributed by atoms with Gasteiger partial charge in [-0.15, -0.1) is 18.3 Å². The molecule has 0 radical (unpaired) electrons. The Bertz CT molecular complexity index is 770. The smallest absolute Gasteiger partial charge is 0.316 e. The predicted molar refractivity (Wildman–Crippen MR) is 140 cm³/mol. The second-order valence-electron chi connectivity index (χ2n) is 11.6. The van der Waals surface area contributed by atoms with Gasteiger partial charge in [-0.2, -0.15) is 0 Å². The van der Waals surface area contributed by atoms with E-state index in [1.54, 1.807) is 11.8 Å². The Labute approximate surface area is 211 Å². The standard InChI is InChI=1S/C28H47NO4S/c1-8-26(6)17-22(33-23(31)18-34-16-15-29(9-2)10-3)27(7)19(4)11-13-28(20(5)25(26)32)14-12-21(30)24(27)28/h8,19-20,22,24-25,32H,1,9-18H2,2-7H3/t19-,20+,22-,24+,25+,26-,27+,28+/m1/s1. The van der Waals surface area contributed by atoms with E-state index in [2.05, 4.69) is 46.1 Å². The van der Waals surface area contributed by atoms with Crippen molar-refractivity contribution < 1.29 is 19.4 Å². The van der Waals surface area contributed by atoms with Crippen molar-refractivity contribution in [2.75, 3.05) is 31.1 Å². The van der Waals surface area contributed by atoms with Gasteiger partial charge in [-0.25, -0.2) is 0 Å². The van der Waals surface area contributed by atoms with Gasteiger partial charge in [0.25, 0.3) is 0 Å². The first-order chi connectivity index (χ1) is 16.0. The molecule has 0 aliphatic heterocycles. The fourth-order valence-corrected chi connectivity index (χ4v) is 8.35. The predicted octanol–water partition coefficient (Wildman–Crippen LogP) is 4.97. The van der Waals surface area contributed by atoms with E-state index in [-0.39, 0.29) is 29.1 Å². The third kappa shape index (κ3) is 4.64. The lowest BCUT2D eigenvalue weighted by Gasteiger charge is -2.61. The van der Waals surface area contributed by atoms with E-state index in [1.165, 1.54) is 0 Å². The number of hydrogen-bond donors (Lipinski definition) is 1. The van der Waals surface area contributed by atoms with Gasteiger partial charge in [0.05, 0.1) is 11.9 Å². The molecule has 194 valence electrons. The number of aliphatic hydroxyl groups excluding tert-OH is 1. The zero-order valence-electron chi connectivity index (χ0n) is 22.3. The highest BCUT2D eigenvalue weighted by molar-refractivity contribution is 7.99. The van der Waals surface area contributed by atoms with Gasteiger partial charge in [0, 0.05) is 35.5 Å². The maximum absolute atomic E-state index is 13.4. The van der Waals surface area contributed by atoms with Crippen molar-refractivity contribution in [3.05, 3.63) is 12.7 Å². The van der Waals surface area contributed by atoms with Crippen LogP contribution in [0.5, 0.6) is 0 Å². The lowest BCUT2D eigenvalue weighted by molar-refractivity contribution is -0.205. The molecule has 1 N–H and O–H groups in total. The zero-order chi connectivity index (χ0) is 25.3. The Morgan fingerprint density at radius 2 is 1.94 bits per heavy atom. The highest BCUT2D eigenvalue weighted by atomic mass is 32.2. The molecule has 0 aromatic rings. The van der Waals surface area contributed by atoms with Crippen LogP contribution in [0.4, 0.5) is 0 Å². The second kappa shape index (κ2) is 10.6. The number of rotatable bonds is 9. The molecule has 3 aliphatic carbocycles. The Morgan fingerprint density at radius 1 is 1.26 bits per heavy atom. The van der Waals surface area contributed by atoms with Gasteiger partial charge in [-0.1, -0.05) is 47.6 Å². The Balaban J connectivity index is 1.88. The minimum atomic E-state index is -0.624. The number of hydrogen-bond acceptors (Lipinski definition) is 6. The van der Waals surface area contributed by atoms with Crippen LogP contribution < -0.4 is 0 Å². The van der Waals surface area contributed by atoms with Gasteiger partial charge >= 0.3 is 5.97 Å². The summed E-state index contributed by atoms with van der Waals surface area (Å²) in [4.78, 5) is 28.9. The summed E-state index contributed by atoms with van der Waals surface area (Å²) < 4.78 is 6.30. The molecule has 6 heteroatoms. The molecule has 0 aromatic heterocycles. The molecule has 3 aliphatic rings. The molecule has 3 saturated carbocycles. The van der Waals surface area contributed by atoms with Gasteiger partial charge in [-0.3, -0.25) is 9.59 Å². The van der Waals surface area contributed by atoms with E-state index < -0.39 is 23.0 Å². The van der Waals surface area contributed by atoms with Crippen molar-refractivity contribution in [1.82, 2.24) is 4.90 Å². The minimum Gasteiger partial charge on any atom is -0.461 e. The number of esters is 1. The van der Waals surface area contributed by atoms with Crippen molar-refractivity contribution in [3.63, 3.8) is 0 Å². The topological polar surface area (TPSA) is 66.8 Å². The van der Waals surface area contributed by atoms with E-state index in [0.717, 1.165) is 44.6 Å². The van der Waals surface area contributed by atoms with Gasteiger partial charge in [0.2, 0.25) is 0 Å². The number of Topliss-reactive ketones (excluding diaryl/α,β-unsaturated/α-hetero) is 1. The average molecular weight is 494 g/mol. The molecule has 8 atom stereocenters. The van der Waals surface area contributed by atoms with Gasteiger partial charge in [-0.05, 0) is 56.0 Å². The molecule has 2 bridgehead atoms. The molecule has 34 heavy (non-hydrogen) atoms. The van der Waals surface area contributed by atoms with Crippen LogP contribution in [-0.4, -0.2) is 65.1 Å². The van der Waals surface area contributed by atoms with Gasteiger partial charge < -0.3 is 14.7 Å². The van der Waals surface area contributed by atoms with Crippen molar-refractivity contribution in [2.24, 2.45) is 34.0 Å². The van der Waals surface area contributed by atoms with Crippen LogP contribution in [0.3, 0.4) is 0 Å². The van der Waals surface area contributed by atoms with Crippen molar-refractivity contribution in [1.29, 1.82) is 0 Å². The molecule has 0 amide bonds. The third-order valence-electron chi connectivity index (χ3n) is 10.2. The van der Waals surface area contributed by atoms with E-state index in [4.69, 9.17) is 4.74 Å². The summed E-state index contributed by atoms with van der Waals surface area (Å²) in [6.45, 7) is 20.0. The van der Waals surface area contributed by atoms with Crippen LogP contribution in [0.15, 0.2) is 12.7 Å². The number of carbonyl (C=O) groups is 2. The van der Waals surface area contributed by atoms with Gasteiger partial charge in [0.15, 0.2) is 0 Å². The quantitative estimate of drug-likeness (QED) is 0.278. The molecule has 0 unspecified atom stereocenters. The maximum Gasteiger partial charge on any atom is 0.316 e. The number of thioether (sulfide) groups is 1. The summed E-state index contributed by atoms with van der Waals surface area (Å²) >= 11 is 1.61. The Morgan fingerprint density at radius 3 is 2.56 bits per heavy atom. The lowest BCUT2D eigenvalue weighted by atomic mass is 9.44. The normalized spacial score (nSPS) is 42.1. The third-order valence-corrected chi connectivity index (χ3v) is 11.2. The fraction of sp³-hybridized carbons (Fsp3) is 0.857. The maximum atomic E-state index is 13.4. The molecular formula is C28H47NO4S. The highest BCUT2D eigenvalue weighted by Crippen LogP contribution is 2.67. The first-order valence-corrected chi connectivity index (χ1v) is 14.5. The van der Waals surface area contributed by atoms with Crippen molar-refractivity contribution in [3.8, 4) is 0 Å². The molecule has 5 nitrogen and oxygen atoms in total. The second-order valence-corrected chi connectivity index (χ2v) is 12.7. The van der Waals surface area contributed by atoms with Crippen LogP contribution >= 0.6 is 11.8 Å². The monoisotopic (exact) mass is 493 g/mol. The molecule has 0 heterocycles. The van der Waals surface area contributed by atoms with Crippen LogP contribution in [0, 0.1) is 34.0 Å². The van der Waals surface area contributed by atoms with Crippen molar-refractivity contribution >= 4 is 23.5 Å². The minimum absolute atomic E-state index is 0.00828. The van der Waals surface area contributed by atoms with E-state index >= 15 is 0 Å².